The molecule has 15 heavy (non-hydrogen) atoms. The monoisotopic (exact) mass is 212 g/mol. The van der Waals surface area contributed by atoms with Crippen LogP contribution in [-0.4, -0.2) is 49.8 Å². The fraction of sp³-hybridized carbons (Fsp3) is 1.00. The Morgan fingerprint density at radius 3 is 2.67 bits per heavy atom. The van der Waals surface area contributed by atoms with Gasteiger partial charge in [-0.1, -0.05) is 0 Å². The summed E-state index contributed by atoms with van der Waals surface area (Å²) in [6, 6.07) is 1.32. The molecule has 3 nitrogen and oxygen atoms in total. The van der Waals surface area contributed by atoms with Crippen LogP contribution in [-0.2, 0) is 4.74 Å². The number of likely N-dealkylation sites (N-methyl/N-ethyl adjacent to an activating group) is 1. The van der Waals surface area contributed by atoms with Crippen LogP contribution in [0.5, 0.6) is 0 Å². The van der Waals surface area contributed by atoms with Crippen LogP contribution in [0.25, 0.3) is 0 Å². The Labute approximate surface area is 93.2 Å². The summed E-state index contributed by atoms with van der Waals surface area (Å²) in [6.07, 6.45) is 2.94. The van der Waals surface area contributed by atoms with E-state index < -0.39 is 0 Å². The lowest BCUT2D eigenvalue weighted by atomic mass is 10.00. The largest absolute Gasteiger partial charge is 0.377 e. The standard InChI is InChI=1S/C12H24N2O/c1-9-11(4-6-13-9)8-14(3)12-5-7-15-10(12)2/h9-13H,4-8H2,1-3H3. The Morgan fingerprint density at radius 2 is 2.13 bits per heavy atom. The van der Waals surface area contributed by atoms with E-state index in [0.29, 0.717) is 18.2 Å². The van der Waals surface area contributed by atoms with Gasteiger partial charge in [0, 0.05) is 25.2 Å². The smallest absolute Gasteiger partial charge is 0.0702 e. The van der Waals surface area contributed by atoms with E-state index in [-0.39, 0.29) is 0 Å². The van der Waals surface area contributed by atoms with E-state index >= 15 is 0 Å². The SMILES string of the molecule is CC1NCCC1CN(C)C1CCOC1C. The lowest BCUT2D eigenvalue weighted by molar-refractivity contribution is 0.0776. The van der Waals surface area contributed by atoms with E-state index in [1.54, 1.807) is 0 Å². The van der Waals surface area contributed by atoms with Crippen molar-refractivity contribution in [3.8, 4) is 0 Å². The molecule has 2 aliphatic heterocycles. The highest BCUT2D eigenvalue weighted by molar-refractivity contribution is 4.86. The number of nitrogens with one attached hydrogen (secondary N) is 1. The second-order valence-electron chi connectivity index (χ2n) is 5.16. The number of nitrogens with zero attached hydrogens (tertiary/aromatic N) is 1. The Morgan fingerprint density at radius 1 is 1.33 bits per heavy atom. The van der Waals surface area contributed by atoms with E-state index in [9.17, 15) is 0 Å². The molecule has 4 unspecified atom stereocenters. The second-order valence-corrected chi connectivity index (χ2v) is 5.16. The number of hydrogen-bond donors (Lipinski definition) is 1. The summed E-state index contributed by atoms with van der Waals surface area (Å²) in [4.78, 5) is 2.51. The first-order valence-corrected chi connectivity index (χ1v) is 6.23. The summed E-state index contributed by atoms with van der Waals surface area (Å²) in [7, 11) is 2.25. The molecule has 2 fully saturated rings. The molecule has 0 aromatic rings. The van der Waals surface area contributed by atoms with Crippen molar-refractivity contribution in [2.24, 2.45) is 5.92 Å². The summed E-state index contributed by atoms with van der Waals surface area (Å²) in [5.41, 5.74) is 0. The van der Waals surface area contributed by atoms with Crippen molar-refractivity contribution in [2.45, 2.75) is 44.9 Å². The van der Waals surface area contributed by atoms with Crippen LogP contribution in [0.4, 0.5) is 0 Å². The minimum absolute atomic E-state index is 0.416. The zero-order valence-corrected chi connectivity index (χ0v) is 10.2. The first-order valence-electron chi connectivity index (χ1n) is 6.23. The highest BCUT2D eigenvalue weighted by atomic mass is 16.5. The van der Waals surface area contributed by atoms with Gasteiger partial charge in [-0.3, -0.25) is 0 Å². The molecule has 88 valence electrons. The second kappa shape index (κ2) is 4.81. The van der Waals surface area contributed by atoms with Gasteiger partial charge in [0.25, 0.3) is 0 Å². The van der Waals surface area contributed by atoms with Crippen LogP contribution in [0, 0.1) is 5.92 Å². The molecule has 3 heteroatoms. The van der Waals surface area contributed by atoms with Gasteiger partial charge >= 0.3 is 0 Å². The van der Waals surface area contributed by atoms with Crippen molar-refractivity contribution in [1.82, 2.24) is 10.2 Å². The molecule has 0 saturated carbocycles. The lowest BCUT2D eigenvalue weighted by Crippen LogP contribution is -2.41. The zero-order chi connectivity index (χ0) is 10.8. The predicted octanol–water partition coefficient (Wildman–Crippen LogP) is 1.09. The van der Waals surface area contributed by atoms with E-state index in [2.05, 4.69) is 31.1 Å². The molecule has 0 radical (unpaired) electrons. The van der Waals surface area contributed by atoms with Gasteiger partial charge in [0.15, 0.2) is 0 Å². The van der Waals surface area contributed by atoms with Gasteiger partial charge in [0.05, 0.1) is 6.10 Å². The Balaban J connectivity index is 1.83. The minimum Gasteiger partial charge on any atom is -0.377 e. The van der Waals surface area contributed by atoms with Gasteiger partial charge in [0.2, 0.25) is 0 Å². The van der Waals surface area contributed by atoms with Gasteiger partial charge in [-0.05, 0) is 46.2 Å². The van der Waals surface area contributed by atoms with Crippen molar-refractivity contribution in [3.63, 3.8) is 0 Å². The van der Waals surface area contributed by atoms with Crippen molar-refractivity contribution in [1.29, 1.82) is 0 Å². The fourth-order valence-corrected chi connectivity index (χ4v) is 2.97. The molecule has 4 atom stereocenters. The maximum Gasteiger partial charge on any atom is 0.0702 e. The predicted molar refractivity (Wildman–Crippen MR) is 62.0 cm³/mol. The van der Waals surface area contributed by atoms with E-state index in [1.807, 2.05) is 0 Å². The lowest BCUT2D eigenvalue weighted by Gasteiger charge is -2.30. The van der Waals surface area contributed by atoms with Gasteiger partial charge in [-0.15, -0.1) is 0 Å². The van der Waals surface area contributed by atoms with Gasteiger partial charge < -0.3 is 15.0 Å². The number of ether oxygens (including phenoxy) is 1. The molecule has 1 N–H and O–H groups in total. The minimum atomic E-state index is 0.416. The first-order chi connectivity index (χ1) is 7.18. The van der Waals surface area contributed by atoms with E-state index in [1.165, 1.54) is 25.9 Å². The zero-order valence-electron chi connectivity index (χ0n) is 10.2. The van der Waals surface area contributed by atoms with Crippen LogP contribution in [0.15, 0.2) is 0 Å². The fourth-order valence-electron chi connectivity index (χ4n) is 2.97. The average molecular weight is 212 g/mol. The molecular formula is C12H24N2O. The maximum atomic E-state index is 5.62. The highest BCUT2D eigenvalue weighted by Crippen LogP contribution is 2.22. The van der Waals surface area contributed by atoms with Gasteiger partial charge in [0.1, 0.15) is 0 Å². The Kier molecular flexibility index (Phi) is 3.65. The highest BCUT2D eigenvalue weighted by Gasteiger charge is 2.31. The first kappa shape index (κ1) is 11.4. The average Bonchev–Trinajstić information content (AvgIpc) is 2.76. The molecule has 0 amide bonds. The summed E-state index contributed by atoms with van der Waals surface area (Å²) in [5, 5.41) is 3.52. The van der Waals surface area contributed by atoms with Crippen molar-refractivity contribution >= 4 is 0 Å². The third kappa shape index (κ3) is 2.52. The van der Waals surface area contributed by atoms with E-state index in [0.717, 1.165) is 12.5 Å². The van der Waals surface area contributed by atoms with E-state index in [4.69, 9.17) is 4.74 Å². The molecular weight excluding hydrogens is 188 g/mol. The quantitative estimate of drug-likeness (QED) is 0.758. The van der Waals surface area contributed by atoms with Crippen molar-refractivity contribution < 1.29 is 4.74 Å². The summed E-state index contributed by atoms with van der Waals surface area (Å²) >= 11 is 0. The van der Waals surface area contributed by atoms with Crippen molar-refractivity contribution in [3.05, 3.63) is 0 Å². The normalized spacial score (nSPS) is 41.6. The summed E-state index contributed by atoms with van der Waals surface area (Å²) in [5.74, 6) is 0.822. The molecule has 2 heterocycles. The number of rotatable bonds is 3. The molecule has 2 rings (SSSR count). The van der Waals surface area contributed by atoms with Crippen LogP contribution in [0.1, 0.15) is 26.7 Å². The molecule has 0 spiro atoms. The molecule has 0 aromatic heterocycles. The molecule has 2 aliphatic rings. The van der Waals surface area contributed by atoms with Crippen molar-refractivity contribution in [2.75, 3.05) is 26.7 Å². The number of hydrogen-bond acceptors (Lipinski definition) is 3. The molecule has 0 bridgehead atoms. The topological polar surface area (TPSA) is 24.5 Å². The summed E-state index contributed by atoms with van der Waals surface area (Å²) in [6.45, 7) is 7.85. The molecule has 2 saturated heterocycles. The van der Waals surface area contributed by atoms with Crippen LogP contribution >= 0.6 is 0 Å². The van der Waals surface area contributed by atoms with Gasteiger partial charge in [-0.2, -0.15) is 0 Å². The Bertz CT molecular complexity index is 210. The molecule has 0 aromatic carbocycles. The third-order valence-corrected chi connectivity index (χ3v) is 4.11. The summed E-state index contributed by atoms with van der Waals surface area (Å²) < 4.78 is 5.62. The van der Waals surface area contributed by atoms with Crippen LogP contribution in [0.2, 0.25) is 0 Å². The van der Waals surface area contributed by atoms with Gasteiger partial charge in [-0.25, -0.2) is 0 Å². The third-order valence-electron chi connectivity index (χ3n) is 4.11. The van der Waals surface area contributed by atoms with Crippen LogP contribution in [0.3, 0.4) is 0 Å². The molecule has 0 aliphatic carbocycles. The maximum absolute atomic E-state index is 5.62. The Hall–Kier alpha value is -0.120. The van der Waals surface area contributed by atoms with Crippen LogP contribution < -0.4 is 5.32 Å².